The van der Waals surface area contributed by atoms with Crippen molar-refractivity contribution in [2.75, 3.05) is 13.1 Å². The Bertz CT molecular complexity index is 1160. The molecule has 2 heterocycles. The van der Waals surface area contributed by atoms with Gasteiger partial charge in [-0.25, -0.2) is 9.48 Å². The zero-order valence-corrected chi connectivity index (χ0v) is 19.1. The highest BCUT2D eigenvalue weighted by atomic mass is 16.4. The molecule has 1 fully saturated rings. The van der Waals surface area contributed by atoms with E-state index in [-0.39, 0.29) is 16.9 Å². The van der Waals surface area contributed by atoms with Crippen LogP contribution in [0.5, 0.6) is 0 Å². The van der Waals surface area contributed by atoms with Crippen molar-refractivity contribution in [1.29, 1.82) is 0 Å². The minimum Gasteiger partial charge on any atom is -0.465 e. The molecular weight excluding hydrogens is 404 g/mol. The van der Waals surface area contributed by atoms with Crippen LogP contribution in [-0.2, 0) is 5.41 Å². The minimum absolute atomic E-state index is 0.142. The minimum atomic E-state index is -0.859. The van der Waals surface area contributed by atoms with Gasteiger partial charge >= 0.3 is 6.09 Å². The summed E-state index contributed by atoms with van der Waals surface area (Å²) >= 11 is 0. The summed E-state index contributed by atoms with van der Waals surface area (Å²) in [6.07, 6.45) is 2.87. The number of likely N-dealkylation sites (tertiary alicyclic amines) is 1. The number of fused-ring (bicyclic) bond motifs is 1. The second-order valence-electron chi connectivity index (χ2n) is 9.94. The maximum Gasteiger partial charge on any atom is 0.407 e. The summed E-state index contributed by atoms with van der Waals surface area (Å²) in [7, 11) is 0. The SMILES string of the molecule is CC(C)(C)NC(=O)c1cccc2cn(-c3ccc(C4(C)CCCN(C(=O)O)C4)cc3)nc12. The van der Waals surface area contributed by atoms with Gasteiger partial charge in [0.15, 0.2) is 0 Å². The molecule has 1 atom stereocenters. The van der Waals surface area contributed by atoms with E-state index in [1.807, 2.05) is 51.2 Å². The van der Waals surface area contributed by atoms with Gasteiger partial charge in [0.25, 0.3) is 5.91 Å². The lowest BCUT2D eigenvalue weighted by Gasteiger charge is -2.39. The topological polar surface area (TPSA) is 87.5 Å². The van der Waals surface area contributed by atoms with Crippen LogP contribution in [-0.4, -0.2) is 50.4 Å². The molecule has 1 unspecified atom stereocenters. The fraction of sp³-hybridized carbons (Fsp3) is 0.400. The van der Waals surface area contributed by atoms with Crippen LogP contribution in [0.4, 0.5) is 4.79 Å². The van der Waals surface area contributed by atoms with Crippen molar-refractivity contribution in [3.8, 4) is 5.69 Å². The maximum atomic E-state index is 12.7. The molecule has 7 heteroatoms. The Morgan fingerprint density at radius 1 is 1.12 bits per heavy atom. The molecule has 0 radical (unpaired) electrons. The molecule has 0 aliphatic carbocycles. The Morgan fingerprint density at radius 3 is 2.50 bits per heavy atom. The van der Waals surface area contributed by atoms with Crippen molar-refractivity contribution in [3.05, 3.63) is 59.8 Å². The fourth-order valence-corrected chi connectivity index (χ4v) is 4.42. The third-order valence-electron chi connectivity index (χ3n) is 6.07. The van der Waals surface area contributed by atoms with Gasteiger partial charge in [-0.3, -0.25) is 4.79 Å². The zero-order chi connectivity index (χ0) is 23.1. The Morgan fingerprint density at radius 2 is 1.84 bits per heavy atom. The number of benzene rings is 2. The first kappa shape index (κ1) is 21.9. The van der Waals surface area contributed by atoms with E-state index in [0.29, 0.717) is 24.2 Å². The number of rotatable bonds is 3. The number of nitrogens with zero attached hydrogens (tertiary/aromatic N) is 3. The highest BCUT2D eigenvalue weighted by Gasteiger charge is 2.34. The normalized spacial score (nSPS) is 19.2. The van der Waals surface area contributed by atoms with Gasteiger partial charge in [0.1, 0.15) is 5.52 Å². The summed E-state index contributed by atoms with van der Waals surface area (Å²) in [5, 5.41) is 18.0. The number of nitrogens with one attached hydrogen (secondary N) is 1. The second kappa shape index (κ2) is 7.97. The summed E-state index contributed by atoms with van der Waals surface area (Å²) in [5.41, 5.74) is 2.69. The highest BCUT2D eigenvalue weighted by molar-refractivity contribution is 6.05. The van der Waals surface area contributed by atoms with Crippen LogP contribution in [0.25, 0.3) is 16.6 Å². The molecule has 7 nitrogen and oxygen atoms in total. The van der Waals surface area contributed by atoms with E-state index < -0.39 is 6.09 Å². The van der Waals surface area contributed by atoms with Crippen LogP contribution in [0.3, 0.4) is 0 Å². The van der Waals surface area contributed by atoms with Crippen molar-refractivity contribution in [3.63, 3.8) is 0 Å². The Labute approximate surface area is 188 Å². The molecule has 1 aliphatic heterocycles. The van der Waals surface area contributed by atoms with Gasteiger partial charge in [-0.1, -0.05) is 31.2 Å². The number of carbonyl (C=O) groups excluding carboxylic acids is 1. The molecule has 0 bridgehead atoms. The molecule has 168 valence electrons. The second-order valence-corrected chi connectivity index (χ2v) is 9.94. The third-order valence-corrected chi connectivity index (χ3v) is 6.07. The molecule has 1 saturated heterocycles. The fourth-order valence-electron chi connectivity index (χ4n) is 4.42. The first-order chi connectivity index (χ1) is 15.1. The van der Waals surface area contributed by atoms with Crippen LogP contribution < -0.4 is 5.32 Å². The lowest BCUT2D eigenvalue weighted by Crippen LogP contribution is -2.46. The van der Waals surface area contributed by atoms with E-state index in [9.17, 15) is 14.7 Å². The van der Waals surface area contributed by atoms with E-state index in [2.05, 4.69) is 24.4 Å². The molecular formula is C25H30N4O3. The predicted molar refractivity (Wildman–Crippen MR) is 124 cm³/mol. The first-order valence-corrected chi connectivity index (χ1v) is 11.0. The largest absolute Gasteiger partial charge is 0.465 e. The van der Waals surface area contributed by atoms with Gasteiger partial charge in [-0.2, -0.15) is 5.10 Å². The van der Waals surface area contributed by atoms with Crippen molar-refractivity contribution < 1.29 is 14.7 Å². The maximum absolute atomic E-state index is 12.7. The molecule has 2 amide bonds. The average Bonchev–Trinajstić information content (AvgIpc) is 3.17. The Balaban J connectivity index is 1.62. The van der Waals surface area contributed by atoms with Gasteiger partial charge in [0.2, 0.25) is 0 Å². The predicted octanol–water partition coefficient (Wildman–Crippen LogP) is 4.59. The molecule has 3 aromatic rings. The van der Waals surface area contributed by atoms with Crippen molar-refractivity contribution in [2.24, 2.45) is 0 Å². The van der Waals surface area contributed by atoms with Crippen LogP contribution in [0.2, 0.25) is 0 Å². The van der Waals surface area contributed by atoms with Crippen LogP contribution >= 0.6 is 0 Å². The quantitative estimate of drug-likeness (QED) is 0.631. The van der Waals surface area contributed by atoms with E-state index in [1.54, 1.807) is 10.7 Å². The van der Waals surface area contributed by atoms with E-state index in [4.69, 9.17) is 5.10 Å². The molecule has 1 aliphatic rings. The number of aromatic nitrogens is 2. The van der Waals surface area contributed by atoms with Gasteiger partial charge in [0.05, 0.1) is 11.3 Å². The number of carbonyl (C=O) groups is 2. The zero-order valence-electron chi connectivity index (χ0n) is 19.1. The number of carboxylic acid groups (broad SMARTS) is 1. The summed E-state index contributed by atoms with van der Waals surface area (Å²) in [6.45, 7) is 9.07. The smallest absolute Gasteiger partial charge is 0.407 e. The standard InChI is InChI=1S/C25H30N4O3/c1-24(2,3)26-22(30)20-8-5-7-17-15-29(27-21(17)20)19-11-9-18(10-12-19)25(4)13-6-14-28(16-25)23(31)32/h5,7-12,15H,6,13-14,16H2,1-4H3,(H,26,30)(H,31,32). The van der Waals surface area contributed by atoms with Crippen LogP contribution in [0.15, 0.2) is 48.7 Å². The molecule has 4 rings (SSSR count). The van der Waals surface area contributed by atoms with Crippen LogP contribution in [0, 0.1) is 0 Å². The lowest BCUT2D eigenvalue weighted by atomic mass is 9.76. The number of amides is 2. The van der Waals surface area contributed by atoms with Crippen LogP contribution in [0.1, 0.15) is 56.5 Å². The van der Waals surface area contributed by atoms with E-state index in [0.717, 1.165) is 29.5 Å². The summed E-state index contributed by atoms with van der Waals surface area (Å²) < 4.78 is 1.79. The molecule has 32 heavy (non-hydrogen) atoms. The van der Waals surface area contributed by atoms with Gasteiger partial charge in [0, 0.05) is 35.6 Å². The molecule has 0 saturated carbocycles. The van der Waals surface area contributed by atoms with E-state index >= 15 is 0 Å². The van der Waals surface area contributed by atoms with Crippen molar-refractivity contribution in [2.45, 2.75) is 51.5 Å². The Hall–Kier alpha value is -3.35. The van der Waals surface area contributed by atoms with Crippen molar-refractivity contribution in [1.82, 2.24) is 20.0 Å². The Kier molecular flexibility index (Phi) is 5.44. The summed E-state index contributed by atoms with van der Waals surface area (Å²) in [6, 6.07) is 13.7. The molecule has 2 N–H and O–H groups in total. The molecule has 1 aromatic heterocycles. The van der Waals surface area contributed by atoms with Gasteiger partial charge in [-0.05, 0) is 57.4 Å². The summed E-state index contributed by atoms with van der Waals surface area (Å²) in [5.74, 6) is -0.142. The van der Waals surface area contributed by atoms with Gasteiger partial charge < -0.3 is 15.3 Å². The highest BCUT2D eigenvalue weighted by Crippen LogP contribution is 2.34. The van der Waals surface area contributed by atoms with E-state index in [1.165, 1.54) is 4.90 Å². The lowest BCUT2D eigenvalue weighted by molar-refractivity contribution is 0.0921. The molecule has 0 spiro atoms. The summed E-state index contributed by atoms with van der Waals surface area (Å²) in [4.78, 5) is 25.7. The number of hydrogen-bond donors (Lipinski definition) is 2. The molecule has 2 aromatic carbocycles. The van der Waals surface area contributed by atoms with Crippen molar-refractivity contribution >= 4 is 22.9 Å². The third kappa shape index (κ3) is 4.33. The average molecular weight is 435 g/mol. The monoisotopic (exact) mass is 434 g/mol. The van der Waals surface area contributed by atoms with Gasteiger partial charge in [-0.15, -0.1) is 0 Å². The number of hydrogen-bond acceptors (Lipinski definition) is 3. The first-order valence-electron chi connectivity index (χ1n) is 11.0. The number of piperidine rings is 1.